The average molecular weight is 391 g/mol. The molecule has 1 aliphatic rings. The first-order chi connectivity index (χ1) is 11.9. The second kappa shape index (κ2) is 7.46. The lowest BCUT2D eigenvalue weighted by Crippen LogP contribution is -2.47. The number of sulfone groups is 1. The molecule has 0 amide bonds. The molecule has 0 aromatic heterocycles. The maximum absolute atomic E-state index is 12.9. The minimum atomic E-state index is -4.38. The summed E-state index contributed by atoms with van der Waals surface area (Å²) in [5, 5.41) is 6.14. The van der Waals surface area contributed by atoms with Gasteiger partial charge in [-0.15, -0.1) is 0 Å². The van der Waals surface area contributed by atoms with Gasteiger partial charge in [0.25, 0.3) is 0 Å². The van der Waals surface area contributed by atoms with E-state index in [0.29, 0.717) is 24.5 Å². The van der Waals surface area contributed by atoms with E-state index in [-0.39, 0.29) is 17.5 Å². The lowest BCUT2D eigenvalue weighted by molar-refractivity contribution is -0.137. The number of aliphatic imine (C=N–C) groups is 1. The van der Waals surface area contributed by atoms with Crippen LogP contribution in [-0.2, 0) is 21.4 Å². The fraction of sp³-hybridized carbons (Fsp3) is 0.588. The molecule has 1 atom stereocenters. The molecular formula is C17H24F3N3O2S. The first-order valence-corrected chi connectivity index (χ1v) is 10.1. The number of nitrogens with zero attached hydrogens (tertiary/aromatic N) is 1. The van der Waals surface area contributed by atoms with Crippen LogP contribution >= 0.6 is 0 Å². The second-order valence-electron chi connectivity index (χ2n) is 7.13. The van der Waals surface area contributed by atoms with Gasteiger partial charge < -0.3 is 10.6 Å². The summed E-state index contributed by atoms with van der Waals surface area (Å²) in [6.45, 7) is 4.01. The van der Waals surface area contributed by atoms with Gasteiger partial charge >= 0.3 is 6.18 Å². The molecule has 1 aliphatic heterocycles. The van der Waals surface area contributed by atoms with E-state index in [1.165, 1.54) is 6.07 Å². The van der Waals surface area contributed by atoms with Crippen molar-refractivity contribution in [2.75, 3.05) is 25.1 Å². The summed E-state index contributed by atoms with van der Waals surface area (Å²) < 4.78 is 61.8. The Bertz CT molecular complexity index is 774. The highest BCUT2D eigenvalue weighted by molar-refractivity contribution is 7.91. The number of alkyl halides is 3. The van der Waals surface area contributed by atoms with Gasteiger partial charge in [0, 0.05) is 25.0 Å². The van der Waals surface area contributed by atoms with Crippen molar-refractivity contribution < 1.29 is 21.6 Å². The zero-order chi connectivity index (χ0) is 19.6. The molecule has 0 spiro atoms. The molecule has 0 bridgehead atoms. The Morgan fingerprint density at radius 1 is 1.27 bits per heavy atom. The quantitative estimate of drug-likeness (QED) is 0.611. The van der Waals surface area contributed by atoms with Crippen molar-refractivity contribution in [3.05, 3.63) is 35.4 Å². The van der Waals surface area contributed by atoms with E-state index in [9.17, 15) is 21.6 Å². The van der Waals surface area contributed by atoms with Gasteiger partial charge in [0.15, 0.2) is 15.8 Å². The summed E-state index contributed by atoms with van der Waals surface area (Å²) >= 11 is 0. The summed E-state index contributed by atoms with van der Waals surface area (Å²) in [4.78, 5) is 4.07. The number of rotatable bonds is 4. The van der Waals surface area contributed by atoms with E-state index >= 15 is 0 Å². The molecule has 1 saturated heterocycles. The van der Waals surface area contributed by atoms with Gasteiger partial charge in [-0.1, -0.05) is 32.0 Å². The number of hydrogen-bond donors (Lipinski definition) is 2. The molecule has 5 nitrogen and oxygen atoms in total. The maximum atomic E-state index is 12.9. The van der Waals surface area contributed by atoms with Crippen molar-refractivity contribution >= 4 is 15.8 Å². The highest BCUT2D eigenvalue weighted by atomic mass is 32.2. The monoisotopic (exact) mass is 391 g/mol. The lowest BCUT2D eigenvalue weighted by atomic mass is 9.84. The largest absolute Gasteiger partial charge is 0.416 e. The number of halogens is 3. The van der Waals surface area contributed by atoms with Gasteiger partial charge in [-0.3, -0.25) is 4.99 Å². The fourth-order valence-corrected chi connectivity index (χ4v) is 4.49. The van der Waals surface area contributed by atoms with E-state index < -0.39 is 27.0 Å². The third-order valence-corrected chi connectivity index (χ3v) is 6.23. The third-order valence-electron chi connectivity index (χ3n) is 4.47. The molecule has 0 radical (unpaired) electrons. The molecule has 1 unspecified atom stereocenters. The summed E-state index contributed by atoms with van der Waals surface area (Å²) in [5.74, 6) is 0.648. The minimum absolute atomic E-state index is 0.0602. The van der Waals surface area contributed by atoms with Crippen molar-refractivity contribution in [2.24, 2.45) is 4.99 Å². The van der Waals surface area contributed by atoms with Gasteiger partial charge in [-0.05, 0) is 18.1 Å². The van der Waals surface area contributed by atoms with Crippen molar-refractivity contribution in [3.8, 4) is 0 Å². The van der Waals surface area contributed by atoms with E-state index in [2.05, 4.69) is 15.6 Å². The standard InChI is InChI=1S/C17H24F3N3O2S/c1-16(2,12-5-4-6-13(9-12)17(18,19)20)11-22-15(21-3)23-14-7-8-26(24,25)10-14/h4-6,9,14H,7-8,10-11H2,1-3H3,(H2,21,22,23). The Morgan fingerprint density at radius 2 is 1.92 bits per heavy atom. The Morgan fingerprint density at radius 3 is 2.46 bits per heavy atom. The summed E-state index contributed by atoms with van der Waals surface area (Å²) in [6, 6.07) is 5.06. The molecule has 9 heteroatoms. The third kappa shape index (κ3) is 5.36. The molecule has 26 heavy (non-hydrogen) atoms. The Labute approximate surface area is 152 Å². The predicted molar refractivity (Wildman–Crippen MR) is 96.0 cm³/mol. The van der Waals surface area contributed by atoms with Crippen LogP contribution in [0, 0.1) is 0 Å². The molecular weight excluding hydrogens is 367 g/mol. The van der Waals surface area contributed by atoms with Gasteiger partial charge in [-0.2, -0.15) is 13.2 Å². The van der Waals surface area contributed by atoms with Crippen LogP contribution < -0.4 is 10.6 Å². The van der Waals surface area contributed by atoms with Crippen LogP contribution in [0.4, 0.5) is 13.2 Å². The van der Waals surface area contributed by atoms with Crippen LogP contribution in [0.25, 0.3) is 0 Å². The zero-order valence-electron chi connectivity index (χ0n) is 15.0. The van der Waals surface area contributed by atoms with E-state index in [0.717, 1.165) is 12.1 Å². The van der Waals surface area contributed by atoms with Crippen molar-refractivity contribution in [1.29, 1.82) is 0 Å². The first kappa shape index (κ1) is 20.5. The van der Waals surface area contributed by atoms with Crippen LogP contribution in [0.5, 0.6) is 0 Å². The second-order valence-corrected chi connectivity index (χ2v) is 9.36. The average Bonchev–Trinajstić information content (AvgIpc) is 2.89. The number of nitrogens with one attached hydrogen (secondary N) is 2. The molecule has 1 aromatic rings. The van der Waals surface area contributed by atoms with Crippen LogP contribution in [0.15, 0.2) is 29.3 Å². The molecule has 0 saturated carbocycles. The Balaban J connectivity index is 2.02. The van der Waals surface area contributed by atoms with Crippen LogP contribution in [0.3, 0.4) is 0 Å². The van der Waals surface area contributed by atoms with E-state index in [1.807, 2.05) is 13.8 Å². The minimum Gasteiger partial charge on any atom is -0.356 e. The highest BCUT2D eigenvalue weighted by Crippen LogP contribution is 2.32. The molecule has 2 rings (SSSR count). The van der Waals surface area contributed by atoms with Gasteiger partial charge in [0.05, 0.1) is 17.1 Å². The Hall–Kier alpha value is -1.77. The molecule has 2 N–H and O–H groups in total. The normalized spacial score (nSPS) is 20.8. The van der Waals surface area contributed by atoms with Crippen molar-refractivity contribution in [2.45, 2.75) is 37.9 Å². The van der Waals surface area contributed by atoms with Crippen LogP contribution in [0.1, 0.15) is 31.4 Å². The summed E-state index contributed by atoms with van der Waals surface area (Å²) in [6.07, 6.45) is -3.87. The molecule has 1 fully saturated rings. The first-order valence-electron chi connectivity index (χ1n) is 8.28. The smallest absolute Gasteiger partial charge is 0.356 e. The number of benzene rings is 1. The van der Waals surface area contributed by atoms with Gasteiger partial charge in [-0.25, -0.2) is 8.42 Å². The summed E-state index contributed by atoms with van der Waals surface area (Å²) in [5.41, 5.74) is -0.707. The Kier molecular flexibility index (Phi) is 5.89. The van der Waals surface area contributed by atoms with Crippen LogP contribution in [0.2, 0.25) is 0 Å². The predicted octanol–water partition coefficient (Wildman–Crippen LogP) is 2.34. The fourth-order valence-electron chi connectivity index (χ4n) is 2.82. The van der Waals surface area contributed by atoms with Crippen molar-refractivity contribution in [1.82, 2.24) is 10.6 Å². The van der Waals surface area contributed by atoms with Crippen LogP contribution in [-0.4, -0.2) is 45.5 Å². The maximum Gasteiger partial charge on any atom is 0.416 e. The SMILES string of the molecule is CN=C(NCC(C)(C)c1cccc(C(F)(F)F)c1)NC1CCS(=O)(=O)C1. The summed E-state index contributed by atoms with van der Waals surface area (Å²) in [7, 11) is -1.44. The van der Waals surface area contributed by atoms with Gasteiger partial charge in [0.2, 0.25) is 0 Å². The molecule has 0 aliphatic carbocycles. The molecule has 1 heterocycles. The lowest BCUT2D eigenvalue weighted by Gasteiger charge is -2.28. The molecule has 146 valence electrons. The number of guanidine groups is 1. The molecule has 1 aromatic carbocycles. The topological polar surface area (TPSA) is 70.6 Å². The van der Waals surface area contributed by atoms with Crippen molar-refractivity contribution in [3.63, 3.8) is 0 Å². The highest BCUT2D eigenvalue weighted by Gasteiger charge is 2.32. The van der Waals surface area contributed by atoms with E-state index in [1.54, 1.807) is 13.1 Å². The van der Waals surface area contributed by atoms with Gasteiger partial charge in [0.1, 0.15) is 0 Å². The zero-order valence-corrected chi connectivity index (χ0v) is 15.8. The number of hydrogen-bond acceptors (Lipinski definition) is 3. The van der Waals surface area contributed by atoms with E-state index in [4.69, 9.17) is 0 Å².